The van der Waals surface area contributed by atoms with Crippen molar-refractivity contribution in [2.45, 2.75) is 45.1 Å². The third-order valence-corrected chi connectivity index (χ3v) is 5.38. The summed E-state index contributed by atoms with van der Waals surface area (Å²) in [6.45, 7) is 7.33. The maximum atomic E-state index is 12.9. The molecule has 0 radical (unpaired) electrons. The molecular formula is C20H28N2O3. The second-order valence-corrected chi connectivity index (χ2v) is 7.14. The first kappa shape index (κ1) is 17.9. The van der Waals surface area contributed by atoms with Crippen LogP contribution in [-0.2, 0) is 14.3 Å². The number of carbonyl (C=O) groups is 2. The highest BCUT2D eigenvalue weighted by atomic mass is 16.5. The highest BCUT2D eigenvalue weighted by Crippen LogP contribution is 2.26. The largest absolute Gasteiger partial charge is 0.378 e. The summed E-state index contributed by atoms with van der Waals surface area (Å²) in [5.74, 6) is 0.353. The molecule has 2 amide bonds. The molecule has 5 heteroatoms. The summed E-state index contributed by atoms with van der Waals surface area (Å²) in [7, 11) is 0. The van der Waals surface area contributed by atoms with Gasteiger partial charge in [0.15, 0.2) is 0 Å². The highest BCUT2D eigenvalue weighted by molar-refractivity contribution is 5.88. The molecule has 0 spiro atoms. The molecule has 2 aliphatic rings. The van der Waals surface area contributed by atoms with Gasteiger partial charge in [-0.3, -0.25) is 9.59 Å². The molecule has 2 atom stereocenters. The van der Waals surface area contributed by atoms with Crippen molar-refractivity contribution in [3.8, 4) is 0 Å². The van der Waals surface area contributed by atoms with Gasteiger partial charge in [-0.15, -0.1) is 0 Å². The van der Waals surface area contributed by atoms with E-state index in [0.717, 1.165) is 12.8 Å². The molecule has 0 saturated carbocycles. The van der Waals surface area contributed by atoms with E-state index in [1.807, 2.05) is 21.9 Å². The van der Waals surface area contributed by atoms with Crippen LogP contribution in [-0.4, -0.2) is 60.5 Å². The molecule has 3 rings (SSSR count). The zero-order valence-corrected chi connectivity index (χ0v) is 15.2. The molecular weight excluding hydrogens is 316 g/mol. The molecule has 1 aromatic carbocycles. The van der Waals surface area contributed by atoms with Gasteiger partial charge in [-0.05, 0) is 36.8 Å². The summed E-state index contributed by atoms with van der Waals surface area (Å²) in [6.07, 6.45) is 2.14. The lowest BCUT2D eigenvalue weighted by Crippen LogP contribution is -2.51. The van der Waals surface area contributed by atoms with Gasteiger partial charge in [-0.25, -0.2) is 0 Å². The second-order valence-electron chi connectivity index (χ2n) is 7.14. The van der Waals surface area contributed by atoms with E-state index in [-0.39, 0.29) is 23.8 Å². The third-order valence-electron chi connectivity index (χ3n) is 5.38. The Balaban J connectivity index is 1.64. The van der Waals surface area contributed by atoms with Crippen LogP contribution in [0, 0.1) is 6.92 Å². The van der Waals surface area contributed by atoms with Crippen molar-refractivity contribution in [1.82, 2.24) is 9.80 Å². The molecule has 2 heterocycles. The SMILES string of the molecule is Cc1ccccc1[C@H](C)CC(=O)N1CCC[C@H]1C(=O)N1CCOCC1. The predicted octanol–water partition coefficient (Wildman–Crippen LogP) is 2.34. The molecule has 0 aromatic heterocycles. The van der Waals surface area contributed by atoms with Crippen molar-refractivity contribution >= 4 is 11.8 Å². The van der Waals surface area contributed by atoms with Crippen LogP contribution in [0.25, 0.3) is 0 Å². The van der Waals surface area contributed by atoms with Gasteiger partial charge < -0.3 is 14.5 Å². The number of amides is 2. The van der Waals surface area contributed by atoms with Crippen molar-refractivity contribution in [1.29, 1.82) is 0 Å². The Labute approximate surface area is 149 Å². The molecule has 1 aromatic rings. The topological polar surface area (TPSA) is 49.9 Å². The molecule has 2 fully saturated rings. The summed E-state index contributed by atoms with van der Waals surface area (Å²) in [4.78, 5) is 29.3. The first-order chi connectivity index (χ1) is 12.1. The fraction of sp³-hybridized carbons (Fsp3) is 0.600. The van der Waals surface area contributed by atoms with Crippen molar-refractivity contribution in [2.24, 2.45) is 0 Å². The molecule has 0 aliphatic carbocycles. The lowest BCUT2D eigenvalue weighted by Gasteiger charge is -2.33. The van der Waals surface area contributed by atoms with Crippen LogP contribution in [0.2, 0.25) is 0 Å². The Bertz CT molecular complexity index is 625. The monoisotopic (exact) mass is 344 g/mol. The maximum Gasteiger partial charge on any atom is 0.245 e. The summed E-state index contributed by atoms with van der Waals surface area (Å²) in [5.41, 5.74) is 2.43. The minimum Gasteiger partial charge on any atom is -0.378 e. The lowest BCUT2D eigenvalue weighted by molar-refractivity contribution is -0.146. The van der Waals surface area contributed by atoms with Crippen LogP contribution in [0.3, 0.4) is 0 Å². The summed E-state index contributed by atoms with van der Waals surface area (Å²) < 4.78 is 5.33. The van der Waals surface area contributed by atoms with Gasteiger partial charge in [0.1, 0.15) is 6.04 Å². The van der Waals surface area contributed by atoms with E-state index < -0.39 is 0 Å². The van der Waals surface area contributed by atoms with Crippen LogP contribution in [0.5, 0.6) is 0 Å². The van der Waals surface area contributed by atoms with E-state index in [2.05, 4.69) is 26.0 Å². The van der Waals surface area contributed by atoms with E-state index >= 15 is 0 Å². The second kappa shape index (κ2) is 8.00. The standard InChI is InChI=1S/C20H28N2O3/c1-15-6-3-4-7-17(15)16(2)14-19(23)22-9-5-8-18(22)20(24)21-10-12-25-13-11-21/h3-4,6-7,16,18H,5,8-14H2,1-2H3/t16-,18+/m1/s1. The Morgan fingerprint density at radius 3 is 2.64 bits per heavy atom. The van der Waals surface area contributed by atoms with Crippen LogP contribution in [0.15, 0.2) is 24.3 Å². The molecule has 0 unspecified atom stereocenters. The molecule has 0 N–H and O–H groups in total. The van der Waals surface area contributed by atoms with Gasteiger partial charge in [-0.1, -0.05) is 31.2 Å². The van der Waals surface area contributed by atoms with Crippen molar-refractivity contribution in [3.63, 3.8) is 0 Å². The highest BCUT2D eigenvalue weighted by Gasteiger charge is 2.37. The van der Waals surface area contributed by atoms with E-state index in [1.165, 1.54) is 11.1 Å². The molecule has 0 bridgehead atoms. The van der Waals surface area contributed by atoms with Gasteiger partial charge in [0.25, 0.3) is 0 Å². The van der Waals surface area contributed by atoms with Gasteiger partial charge in [0.2, 0.25) is 11.8 Å². The number of likely N-dealkylation sites (tertiary alicyclic amines) is 1. The molecule has 25 heavy (non-hydrogen) atoms. The van der Waals surface area contributed by atoms with Gasteiger partial charge in [-0.2, -0.15) is 0 Å². The van der Waals surface area contributed by atoms with E-state index in [0.29, 0.717) is 39.3 Å². The van der Waals surface area contributed by atoms with Gasteiger partial charge >= 0.3 is 0 Å². The maximum absolute atomic E-state index is 12.9. The van der Waals surface area contributed by atoms with Gasteiger partial charge in [0.05, 0.1) is 13.2 Å². The van der Waals surface area contributed by atoms with Gasteiger partial charge in [0, 0.05) is 26.1 Å². The number of benzene rings is 1. The van der Waals surface area contributed by atoms with Crippen molar-refractivity contribution < 1.29 is 14.3 Å². The Hall–Kier alpha value is -1.88. The van der Waals surface area contributed by atoms with E-state index in [4.69, 9.17) is 4.74 Å². The summed E-state index contributed by atoms with van der Waals surface area (Å²) >= 11 is 0. The molecule has 2 saturated heterocycles. The van der Waals surface area contributed by atoms with Crippen molar-refractivity contribution in [2.75, 3.05) is 32.8 Å². The van der Waals surface area contributed by atoms with Crippen LogP contribution in [0.1, 0.15) is 43.2 Å². The third kappa shape index (κ3) is 4.03. The predicted molar refractivity (Wildman–Crippen MR) is 96.3 cm³/mol. The number of morpholine rings is 1. The minimum atomic E-state index is -0.283. The van der Waals surface area contributed by atoms with E-state index in [9.17, 15) is 9.59 Å². The lowest BCUT2D eigenvalue weighted by atomic mass is 9.93. The normalized spacial score (nSPS) is 22.1. The summed E-state index contributed by atoms with van der Waals surface area (Å²) in [5, 5.41) is 0. The first-order valence-corrected chi connectivity index (χ1v) is 9.29. The Morgan fingerprint density at radius 1 is 1.20 bits per heavy atom. The van der Waals surface area contributed by atoms with Crippen LogP contribution in [0.4, 0.5) is 0 Å². The average molecular weight is 344 g/mol. The fourth-order valence-corrected chi connectivity index (χ4v) is 3.95. The number of aryl methyl sites for hydroxylation is 1. The Kier molecular flexibility index (Phi) is 5.74. The Morgan fingerprint density at radius 2 is 1.92 bits per heavy atom. The fourth-order valence-electron chi connectivity index (χ4n) is 3.95. The van der Waals surface area contributed by atoms with Crippen LogP contribution < -0.4 is 0 Å². The number of rotatable bonds is 4. The summed E-state index contributed by atoms with van der Waals surface area (Å²) in [6, 6.07) is 7.92. The zero-order chi connectivity index (χ0) is 17.8. The zero-order valence-electron chi connectivity index (χ0n) is 15.2. The number of hydrogen-bond donors (Lipinski definition) is 0. The number of nitrogens with zero attached hydrogens (tertiary/aromatic N) is 2. The van der Waals surface area contributed by atoms with E-state index in [1.54, 1.807) is 0 Å². The first-order valence-electron chi connectivity index (χ1n) is 9.29. The molecule has 5 nitrogen and oxygen atoms in total. The minimum absolute atomic E-state index is 0.0951. The molecule has 2 aliphatic heterocycles. The molecule has 136 valence electrons. The number of carbonyl (C=O) groups excluding carboxylic acids is 2. The number of hydrogen-bond acceptors (Lipinski definition) is 3. The van der Waals surface area contributed by atoms with Crippen LogP contribution >= 0.6 is 0 Å². The quantitative estimate of drug-likeness (QED) is 0.842. The number of ether oxygens (including phenoxy) is 1. The van der Waals surface area contributed by atoms with Crippen molar-refractivity contribution in [3.05, 3.63) is 35.4 Å². The average Bonchev–Trinajstić information content (AvgIpc) is 3.12. The smallest absolute Gasteiger partial charge is 0.245 e.